The summed E-state index contributed by atoms with van der Waals surface area (Å²) in [5.74, 6) is 1.10. The van der Waals surface area contributed by atoms with Gasteiger partial charge >= 0.3 is 0 Å². The molecule has 0 aliphatic carbocycles. The van der Waals surface area contributed by atoms with Gasteiger partial charge in [0.15, 0.2) is 10.9 Å². The van der Waals surface area contributed by atoms with E-state index in [0.29, 0.717) is 18.8 Å². The fourth-order valence-electron chi connectivity index (χ4n) is 2.03. The van der Waals surface area contributed by atoms with Crippen molar-refractivity contribution in [2.45, 2.75) is 11.4 Å². The lowest BCUT2D eigenvalue weighted by Gasteiger charge is -2.35. The van der Waals surface area contributed by atoms with E-state index >= 15 is 0 Å². The first-order valence-corrected chi connectivity index (χ1v) is 7.92. The van der Waals surface area contributed by atoms with Crippen LogP contribution in [-0.2, 0) is 0 Å². The molecule has 18 heavy (non-hydrogen) atoms. The van der Waals surface area contributed by atoms with E-state index in [-0.39, 0.29) is 17.1 Å². The number of hydrogen-bond acceptors (Lipinski definition) is 7. The SMILES string of the molecule is O=C(c1csc(N2CC(O)C2)n1)C1CNCCS1. The lowest BCUT2D eigenvalue weighted by molar-refractivity contribution is 0.0984. The molecule has 2 fully saturated rings. The number of aliphatic hydroxyl groups excluding tert-OH is 1. The lowest BCUT2D eigenvalue weighted by atomic mass is 10.2. The zero-order valence-electron chi connectivity index (χ0n) is 9.83. The second kappa shape index (κ2) is 5.16. The van der Waals surface area contributed by atoms with E-state index in [0.717, 1.165) is 24.0 Å². The van der Waals surface area contributed by atoms with Crippen molar-refractivity contribution in [2.75, 3.05) is 36.8 Å². The molecule has 3 heterocycles. The number of thioether (sulfide) groups is 1. The van der Waals surface area contributed by atoms with Crippen LogP contribution in [0.2, 0.25) is 0 Å². The van der Waals surface area contributed by atoms with Gasteiger partial charge < -0.3 is 15.3 Å². The molecule has 0 bridgehead atoms. The van der Waals surface area contributed by atoms with E-state index in [1.54, 1.807) is 11.8 Å². The number of Topliss-reactive ketones (excluding diaryl/α,β-unsaturated/α-hetero) is 1. The minimum atomic E-state index is -0.244. The number of ketones is 1. The van der Waals surface area contributed by atoms with Crippen LogP contribution in [0.4, 0.5) is 5.13 Å². The number of thiazole rings is 1. The molecule has 5 nitrogen and oxygen atoms in total. The monoisotopic (exact) mass is 285 g/mol. The summed E-state index contributed by atoms with van der Waals surface area (Å²) in [7, 11) is 0. The first-order chi connectivity index (χ1) is 8.74. The number of anilines is 1. The molecule has 3 rings (SSSR count). The first kappa shape index (κ1) is 12.4. The van der Waals surface area contributed by atoms with Crippen molar-refractivity contribution in [3.8, 4) is 0 Å². The van der Waals surface area contributed by atoms with Crippen LogP contribution in [0.25, 0.3) is 0 Å². The van der Waals surface area contributed by atoms with Gasteiger partial charge in [0.1, 0.15) is 5.69 Å². The normalized spacial score (nSPS) is 24.9. The average molecular weight is 285 g/mol. The van der Waals surface area contributed by atoms with E-state index in [1.165, 1.54) is 11.3 Å². The van der Waals surface area contributed by atoms with Gasteiger partial charge in [0.2, 0.25) is 0 Å². The van der Waals surface area contributed by atoms with Crippen molar-refractivity contribution in [1.29, 1.82) is 0 Å². The van der Waals surface area contributed by atoms with Gasteiger partial charge in [-0.15, -0.1) is 23.1 Å². The van der Waals surface area contributed by atoms with Crippen molar-refractivity contribution in [1.82, 2.24) is 10.3 Å². The fourth-order valence-corrected chi connectivity index (χ4v) is 3.92. The zero-order chi connectivity index (χ0) is 12.5. The van der Waals surface area contributed by atoms with Gasteiger partial charge in [-0.05, 0) is 0 Å². The van der Waals surface area contributed by atoms with Gasteiger partial charge in [-0.1, -0.05) is 0 Å². The number of nitrogens with zero attached hydrogens (tertiary/aromatic N) is 2. The number of nitrogens with one attached hydrogen (secondary N) is 1. The minimum Gasteiger partial charge on any atom is -0.389 e. The van der Waals surface area contributed by atoms with Gasteiger partial charge in [-0.25, -0.2) is 4.98 Å². The number of hydrogen-bond donors (Lipinski definition) is 2. The highest BCUT2D eigenvalue weighted by atomic mass is 32.2. The number of β-amino-alcohol motifs (C(OH)–C–C–N with tert-alkyl or cyclic N) is 1. The second-order valence-electron chi connectivity index (χ2n) is 4.50. The summed E-state index contributed by atoms with van der Waals surface area (Å²) in [4.78, 5) is 18.6. The Balaban J connectivity index is 1.66. The van der Waals surface area contributed by atoms with Crippen LogP contribution in [0.15, 0.2) is 5.38 Å². The molecule has 2 aliphatic heterocycles. The summed E-state index contributed by atoms with van der Waals surface area (Å²) in [6.07, 6.45) is -0.244. The Hall–Kier alpha value is -0.630. The molecule has 0 radical (unpaired) electrons. The fraction of sp³-hybridized carbons (Fsp3) is 0.636. The van der Waals surface area contributed by atoms with Crippen LogP contribution in [0, 0.1) is 0 Å². The molecule has 98 valence electrons. The molecule has 2 aliphatic rings. The Morgan fingerprint density at radius 3 is 3.06 bits per heavy atom. The van der Waals surface area contributed by atoms with Crippen molar-refractivity contribution in [2.24, 2.45) is 0 Å². The number of carbonyl (C=O) groups is 1. The number of aromatic nitrogens is 1. The molecule has 1 aromatic heterocycles. The molecule has 0 aromatic carbocycles. The van der Waals surface area contributed by atoms with Gasteiger partial charge in [0.25, 0.3) is 0 Å². The Labute approximate surface area is 114 Å². The summed E-state index contributed by atoms with van der Waals surface area (Å²) in [6, 6.07) is 0. The van der Waals surface area contributed by atoms with E-state index < -0.39 is 0 Å². The van der Waals surface area contributed by atoms with Crippen LogP contribution in [0.1, 0.15) is 10.5 Å². The molecule has 0 amide bonds. The Bertz CT molecular complexity index is 439. The third-order valence-electron chi connectivity index (χ3n) is 3.10. The molecule has 1 atom stereocenters. The number of aliphatic hydroxyl groups is 1. The summed E-state index contributed by atoms with van der Waals surface area (Å²) in [5, 5.41) is 15.2. The van der Waals surface area contributed by atoms with E-state index in [1.807, 2.05) is 10.3 Å². The van der Waals surface area contributed by atoms with Gasteiger partial charge in [0.05, 0.1) is 11.4 Å². The molecule has 1 aromatic rings. The van der Waals surface area contributed by atoms with Gasteiger partial charge in [0, 0.05) is 37.3 Å². The maximum atomic E-state index is 12.2. The Kier molecular flexibility index (Phi) is 3.56. The van der Waals surface area contributed by atoms with E-state index in [9.17, 15) is 9.90 Å². The van der Waals surface area contributed by atoms with Crippen LogP contribution in [0.3, 0.4) is 0 Å². The molecule has 2 N–H and O–H groups in total. The van der Waals surface area contributed by atoms with Crippen molar-refractivity contribution in [3.05, 3.63) is 11.1 Å². The minimum absolute atomic E-state index is 0.00400. The van der Waals surface area contributed by atoms with Crippen molar-refractivity contribution < 1.29 is 9.90 Å². The van der Waals surface area contributed by atoms with E-state index in [2.05, 4.69) is 10.3 Å². The predicted octanol–water partition coefficient (Wildman–Crippen LogP) is 0.212. The lowest BCUT2D eigenvalue weighted by Crippen LogP contribution is -2.50. The molecule has 2 saturated heterocycles. The quantitative estimate of drug-likeness (QED) is 0.774. The Morgan fingerprint density at radius 1 is 1.56 bits per heavy atom. The standard InChI is InChI=1S/C11H15N3O2S2/c15-7-4-14(5-7)11-13-8(6-18-11)10(16)9-3-12-1-2-17-9/h6-7,9,12,15H,1-5H2. The van der Waals surface area contributed by atoms with E-state index in [4.69, 9.17) is 0 Å². The summed E-state index contributed by atoms with van der Waals surface area (Å²) >= 11 is 3.18. The number of carbonyl (C=O) groups excluding carboxylic acids is 1. The Morgan fingerprint density at radius 2 is 2.39 bits per heavy atom. The second-order valence-corrected chi connectivity index (χ2v) is 6.65. The zero-order valence-corrected chi connectivity index (χ0v) is 11.5. The maximum absolute atomic E-state index is 12.2. The topological polar surface area (TPSA) is 65.5 Å². The highest BCUT2D eigenvalue weighted by Crippen LogP contribution is 2.27. The van der Waals surface area contributed by atoms with Crippen LogP contribution < -0.4 is 10.2 Å². The average Bonchev–Trinajstić information content (AvgIpc) is 2.84. The molecule has 0 spiro atoms. The van der Waals surface area contributed by atoms with Crippen LogP contribution in [-0.4, -0.2) is 59.2 Å². The number of rotatable bonds is 3. The van der Waals surface area contributed by atoms with Gasteiger partial charge in [-0.2, -0.15) is 0 Å². The molecule has 0 saturated carbocycles. The largest absolute Gasteiger partial charge is 0.389 e. The summed E-state index contributed by atoms with van der Waals surface area (Å²) in [6.45, 7) is 2.96. The highest BCUT2D eigenvalue weighted by molar-refractivity contribution is 8.00. The van der Waals surface area contributed by atoms with Crippen LogP contribution in [0.5, 0.6) is 0 Å². The molecule has 1 unspecified atom stereocenters. The summed E-state index contributed by atoms with van der Waals surface area (Å²) in [5.41, 5.74) is 0.567. The molecular formula is C11H15N3O2S2. The summed E-state index contributed by atoms with van der Waals surface area (Å²) < 4.78 is 0. The van der Waals surface area contributed by atoms with Gasteiger partial charge in [-0.3, -0.25) is 4.79 Å². The molecule has 7 heteroatoms. The highest BCUT2D eigenvalue weighted by Gasteiger charge is 2.29. The first-order valence-electron chi connectivity index (χ1n) is 5.99. The maximum Gasteiger partial charge on any atom is 0.196 e. The third kappa shape index (κ3) is 2.40. The van der Waals surface area contributed by atoms with Crippen LogP contribution >= 0.6 is 23.1 Å². The van der Waals surface area contributed by atoms with Crippen molar-refractivity contribution in [3.63, 3.8) is 0 Å². The predicted molar refractivity (Wildman–Crippen MR) is 73.8 cm³/mol. The third-order valence-corrected chi connectivity index (χ3v) is 5.22. The smallest absolute Gasteiger partial charge is 0.196 e. The molecular weight excluding hydrogens is 270 g/mol. The van der Waals surface area contributed by atoms with Crippen molar-refractivity contribution >= 4 is 34.0 Å².